The molecule has 0 aromatic heterocycles. The monoisotopic (exact) mass is 276 g/mol. The summed E-state index contributed by atoms with van der Waals surface area (Å²) >= 11 is 0. The minimum absolute atomic E-state index is 0.636. The second-order valence-corrected chi connectivity index (χ2v) is 6.51. The van der Waals surface area contributed by atoms with E-state index in [1.807, 2.05) is 0 Å². The Kier molecular flexibility index (Phi) is 6.06. The van der Waals surface area contributed by atoms with Crippen LogP contribution in [0.2, 0.25) is 0 Å². The van der Waals surface area contributed by atoms with Crippen LogP contribution < -0.4 is 0 Å². The zero-order valence-electron chi connectivity index (χ0n) is 13.0. The molecule has 0 N–H and O–H groups in total. The van der Waals surface area contributed by atoms with Gasteiger partial charge in [0.15, 0.2) is 0 Å². The van der Waals surface area contributed by atoms with E-state index in [9.17, 15) is 0 Å². The van der Waals surface area contributed by atoms with Gasteiger partial charge >= 0.3 is 0 Å². The number of nitriles is 1. The van der Waals surface area contributed by atoms with Crippen LogP contribution in [-0.4, -0.2) is 37.7 Å². The zero-order chi connectivity index (χ0) is 14.4. The summed E-state index contributed by atoms with van der Waals surface area (Å²) in [5.74, 6) is 2.10. The van der Waals surface area contributed by atoms with Crippen LogP contribution in [0.15, 0.2) is 11.6 Å². The van der Waals surface area contributed by atoms with E-state index in [0.717, 1.165) is 38.8 Å². The van der Waals surface area contributed by atoms with Gasteiger partial charge in [-0.25, -0.2) is 0 Å². The molecule has 1 aliphatic heterocycles. The van der Waals surface area contributed by atoms with E-state index in [-0.39, 0.29) is 0 Å². The van der Waals surface area contributed by atoms with Crippen molar-refractivity contribution in [2.45, 2.75) is 39.5 Å². The van der Waals surface area contributed by atoms with Gasteiger partial charge in [0.05, 0.1) is 12.7 Å². The SMILES string of the molecule is CC1=CCC[C@H](C)[C@@H]1CN(CCC#N)C[C@H]1CCOC1. The largest absolute Gasteiger partial charge is 0.381 e. The lowest BCUT2D eigenvalue weighted by molar-refractivity contribution is 0.153. The maximum Gasteiger partial charge on any atom is 0.0635 e. The normalized spacial score (nSPS) is 30.3. The first-order valence-corrected chi connectivity index (χ1v) is 8.04. The molecule has 0 amide bonds. The Labute approximate surface area is 123 Å². The van der Waals surface area contributed by atoms with Crippen molar-refractivity contribution in [3.8, 4) is 6.07 Å². The van der Waals surface area contributed by atoms with Gasteiger partial charge in [0.25, 0.3) is 0 Å². The standard InChI is InChI=1S/C17H28N2O/c1-14-5-3-6-15(2)17(14)12-19(9-4-8-18)11-16-7-10-20-13-16/h5,15-17H,3-4,6-7,9-13H2,1-2H3/t15-,16+,17+/m0/s1. The van der Waals surface area contributed by atoms with Gasteiger partial charge in [0.2, 0.25) is 0 Å². The van der Waals surface area contributed by atoms with Crippen LogP contribution in [0.25, 0.3) is 0 Å². The van der Waals surface area contributed by atoms with Gasteiger partial charge in [0.1, 0.15) is 0 Å². The summed E-state index contributed by atoms with van der Waals surface area (Å²) in [5.41, 5.74) is 1.55. The summed E-state index contributed by atoms with van der Waals surface area (Å²) in [6.07, 6.45) is 6.76. The van der Waals surface area contributed by atoms with E-state index < -0.39 is 0 Å². The average molecular weight is 276 g/mol. The third kappa shape index (κ3) is 4.33. The Morgan fingerprint density at radius 3 is 2.90 bits per heavy atom. The van der Waals surface area contributed by atoms with Crippen molar-refractivity contribution < 1.29 is 4.74 Å². The summed E-state index contributed by atoms with van der Waals surface area (Å²) < 4.78 is 5.49. The van der Waals surface area contributed by atoms with Crippen molar-refractivity contribution in [3.05, 3.63) is 11.6 Å². The van der Waals surface area contributed by atoms with E-state index in [2.05, 4.69) is 30.9 Å². The molecular weight excluding hydrogens is 248 g/mol. The molecule has 2 rings (SSSR count). The lowest BCUT2D eigenvalue weighted by Crippen LogP contribution is -2.37. The maximum absolute atomic E-state index is 8.87. The van der Waals surface area contributed by atoms with Crippen LogP contribution >= 0.6 is 0 Å². The van der Waals surface area contributed by atoms with Crippen molar-refractivity contribution in [2.75, 3.05) is 32.8 Å². The first-order valence-electron chi connectivity index (χ1n) is 8.04. The lowest BCUT2D eigenvalue weighted by atomic mass is 9.79. The highest BCUT2D eigenvalue weighted by molar-refractivity contribution is 5.09. The number of rotatable bonds is 6. The van der Waals surface area contributed by atoms with Crippen LogP contribution in [0.3, 0.4) is 0 Å². The molecule has 0 spiro atoms. The van der Waals surface area contributed by atoms with Crippen LogP contribution in [-0.2, 0) is 4.74 Å². The second-order valence-electron chi connectivity index (χ2n) is 6.51. The number of ether oxygens (including phenoxy) is 1. The van der Waals surface area contributed by atoms with E-state index in [1.54, 1.807) is 5.57 Å². The molecule has 3 nitrogen and oxygen atoms in total. The predicted octanol–water partition coefficient (Wildman–Crippen LogP) is 3.23. The average Bonchev–Trinajstić information content (AvgIpc) is 2.93. The van der Waals surface area contributed by atoms with E-state index in [4.69, 9.17) is 10.00 Å². The number of hydrogen-bond donors (Lipinski definition) is 0. The summed E-state index contributed by atoms with van der Waals surface area (Å²) in [6.45, 7) is 9.58. The fraction of sp³-hybridized carbons (Fsp3) is 0.824. The Bertz CT molecular complexity index is 366. The predicted molar refractivity (Wildman–Crippen MR) is 81.2 cm³/mol. The molecular formula is C17H28N2O. The summed E-state index contributed by atoms with van der Waals surface area (Å²) in [5, 5.41) is 8.87. The van der Waals surface area contributed by atoms with Crippen molar-refractivity contribution in [2.24, 2.45) is 17.8 Å². The minimum Gasteiger partial charge on any atom is -0.381 e. The molecule has 1 fully saturated rings. The van der Waals surface area contributed by atoms with Gasteiger partial charge in [-0.2, -0.15) is 5.26 Å². The highest BCUT2D eigenvalue weighted by atomic mass is 16.5. The third-order valence-electron chi connectivity index (χ3n) is 4.90. The Hall–Kier alpha value is -0.850. The summed E-state index contributed by atoms with van der Waals surface area (Å²) in [4.78, 5) is 2.51. The molecule has 1 aliphatic carbocycles. The van der Waals surface area contributed by atoms with Gasteiger partial charge in [-0.15, -0.1) is 0 Å². The number of hydrogen-bond acceptors (Lipinski definition) is 3. The van der Waals surface area contributed by atoms with Crippen LogP contribution in [0.5, 0.6) is 0 Å². The third-order valence-corrected chi connectivity index (χ3v) is 4.90. The molecule has 0 bridgehead atoms. The number of nitrogens with zero attached hydrogens (tertiary/aromatic N) is 2. The fourth-order valence-electron chi connectivity index (χ4n) is 3.54. The van der Waals surface area contributed by atoms with E-state index in [0.29, 0.717) is 18.3 Å². The minimum atomic E-state index is 0.636. The summed E-state index contributed by atoms with van der Waals surface area (Å²) in [6, 6.07) is 2.30. The van der Waals surface area contributed by atoms with Gasteiger partial charge < -0.3 is 9.64 Å². The molecule has 3 atom stereocenters. The van der Waals surface area contributed by atoms with Gasteiger partial charge in [-0.3, -0.25) is 0 Å². The highest BCUT2D eigenvalue weighted by Gasteiger charge is 2.26. The van der Waals surface area contributed by atoms with Gasteiger partial charge in [-0.1, -0.05) is 18.6 Å². The molecule has 1 saturated heterocycles. The first kappa shape index (κ1) is 15.5. The second kappa shape index (κ2) is 7.81. The molecule has 2 aliphatic rings. The number of allylic oxidation sites excluding steroid dienone is 1. The van der Waals surface area contributed by atoms with Crippen molar-refractivity contribution in [1.82, 2.24) is 4.90 Å². The van der Waals surface area contributed by atoms with Crippen molar-refractivity contribution in [3.63, 3.8) is 0 Å². The Morgan fingerprint density at radius 2 is 2.25 bits per heavy atom. The quantitative estimate of drug-likeness (QED) is 0.699. The fourth-order valence-corrected chi connectivity index (χ4v) is 3.54. The Morgan fingerprint density at radius 1 is 1.40 bits per heavy atom. The molecule has 0 unspecified atom stereocenters. The van der Waals surface area contributed by atoms with Crippen LogP contribution in [0.4, 0.5) is 0 Å². The molecule has 1 heterocycles. The molecule has 20 heavy (non-hydrogen) atoms. The molecule has 3 heteroatoms. The molecule has 112 valence electrons. The van der Waals surface area contributed by atoms with Crippen molar-refractivity contribution in [1.29, 1.82) is 5.26 Å². The van der Waals surface area contributed by atoms with E-state index in [1.165, 1.54) is 19.3 Å². The van der Waals surface area contributed by atoms with Crippen LogP contribution in [0, 0.1) is 29.1 Å². The smallest absolute Gasteiger partial charge is 0.0635 e. The molecule has 0 radical (unpaired) electrons. The maximum atomic E-state index is 8.87. The lowest BCUT2D eigenvalue weighted by Gasteiger charge is -2.34. The van der Waals surface area contributed by atoms with Crippen molar-refractivity contribution >= 4 is 0 Å². The van der Waals surface area contributed by atoms with Gasteiger partial charge in [-0.05, 0) is 43.9 Å². The highest BCUT2D eigenvalue weighted by Crippen LogP contribution is 2.31. The topological polar surface area (TPSA) is 36.3 Å². The van der Waals surface area contributed by atoms with Gasteiger partial charge in [0, 0.05) is 32.7 Å². The summed E-state index contributed by atoms with van der Waals surface area (Å²) in [7, 11) is 0. The Balaban J connectivity index is 1.93. The molecule has 0 aromatic rings. The first-order chi connectivity index (χ1) is 9.70. The van der Waals surface area contributed by atoms with Crippen LogP contribution in [0.1, 0.15) is 39.5 Å². The molecule has 0 saturated carbocycles. The van der Waals surface area contributed by atoms with E-state index >= 15 is 0 Å². The molecule has 0 aromatic carbocycles. The zero-order valence-corrected chi connectivity index (χ0v) is 13.0.